The van der Waals surface area contributed by atoms with Gasteiger partial charge in [0, 0.05) is 17.0 Å². The van der Waals surface area contributed by atoms with E-state index in [-0.39, 0.29) is 5.92 Å². The zero-order valence-corrected chi connectivity index (χ0v) is 18.9. The lowest BCUT2D eigenvalue weighted by atomic mass is 9.93. The number of carboxylic acids is 1. The Labute approximate surface area is 188 Å². The van der Waals surface area contributed by atoms with Crippen molar-refractivity contribution in [3.63, 3.8) is 0 Å². The summed E-state index contributed by atoms with van der Waals surface area (Å²) in [7, 11) is 0. The molecular formula is C27H29N3O2. The van der Waals surface area contributed by atoms with Gasteiger partial charge < -0.3 is 10.8 Å². The molecule has 5 nitrogen and oxygen atoms in total. The van der Waals surface area contributed by atoms with Gasteiger partial charge in [0.2, 0.25) is 0 Å². The smallest absolute Gasteiger partial charge is 0.306 e. The fraction of sp³-hybridized carbons (Fsp3) is 0.296. The number of rotatable bonds is 7. The lowest BCUT2D eigenvalue weighted by Gasteiger charge is -2.13. The normalized spacial score (nSPS) is 12.3. The van der Waals surface area contributed by atoms with Crippen LogP contribution in [0.3, 0.4) is 0 Å². The van der Waals surface area contributed by atoms with E-state index in [1.807, 2.05) is 20.0 Å². The van der Waals surface area contributed by atoms with Gasteiger partial charge in [-0.1, -0.05) is 37.3 Å². The van der Waals surface area contributed by atoms with E-state index in [2.05, 4.69) is 59.4 Å². The average molecular weight is 428 g/mol. The highest BCUT2D eigenvalue weighted by molar-refractivity contribution is 6.08. The van der Waals surface area contributed by atoms with Gasteiger partial charge >= 0.3 is 5.97 Å². The van der Waals surface area contributed by atoms with Crippen molar-refractivity contribution in [2.75, 3.05) is 5.73 Å². The molecular weight excluding hydrogens is 398 g/mol. The van der Waals surface area contributed by atoms with Crippen LogP contribution < -0.4 is 5.73 Å². The Hall–Kier alpha value is -3.47. The van der Waals surface area contributed by atoms with E-state index >= 15 is 0 Å². The molecule has 0 radical (unpaired) electrons. The quantitative estimate of drug-likeness (QED) is 0.384. The summed E-state index contributed by atoms with van der Waals surface area (Å²) in [4.78, 5) is 20.5. The molecule has 0 bridgehead atoms. The molecule has 4 rings (SSSR count). The van der Waals surface area contributed by atoms with Gasteiger partial charge in [0.05, 0.1) is 11.4 Å². The van der Waals surface area contributed by atoms with Crippen molar-refractivity contribution in [2.45, 2.75) is 46.5 Å². The Morgan fingerprint density at radius 1 is 1.03 bits per heavy atom. The summed E-state index contributed by atoms with van der Waals surface area (Å²) < 4.78 is 0. The summed E-state index contributed by atoms with van der Waals surface area (Å²) in [6, 6.07) is 14.7. The minimum Gasteiger partial charge on any atom is -0.481 e. The van der Waals surface area contributed by atoms with E-state index in [1.165, 1.54) is 11.1 Å². The maximum absolute atomic E-state index is 11.3. The monoisotopic (exact) mass is 427 g/mol. The van der Waals surface area contributed by atoms with Crippen molar-refractivity contribution in [3.05, 3.63) is 76.5 Å². The average Bonchev–Trinajstić information content (AvgIpc) is 2.76. The van der Waals surface area contributed by atoms with Crippen LogP contribution in [0.15, 0.2) is 48.7 Å². The van der Waals surface area contributed by atoms with Gasteiger partial charge in [-0.05, 0) is 79.5 Å². The molecule has 0 spiro atoms. The van der Waals surface area contributed by atoms with E-state index in [4.69, 9.17) is 5.73 Å². The lowest BCUT2D eigenvalue weighted by molar-refractivity contribution is -0.141. The second kappa shape index (κ2) is 8.95. The maximum atomic E-state index is 11.3. The summed E-state index contributed by atoms with van der Waals surface area (Å²) in [5.74, 6) is -0.594. The van der Waals surface area contributed by atoms with Crippen LogP contribution in [0.1, 0.15) is 41.2 Å². The van der Waals surface area contributed by atoms with E-state index < -0.39 is 5.97 Å². The van der Waals surface area contributed by atoms with Crippen LogP contribution in [0.5, 0.6) is 0 Å². The molecule has 1 atom stereocenters. The number of pyridine rings is 2. The second-order valence-electron chi connectivity index (χ2n) is 8.67. The number of benzene rings is 2. The number of hydrogen-bond donors (Lipinski definition) is 2. The molecule has 3 N–H and O–H groups in total. The maximum Gasteiger partial charge on any atom is 0.306 e. The standard InChI is InChI=1S/C27H29N3O2/c1-4-20(27(31)32)13-18-6-8-21(17(3)12-18)9-7-19-14-23-22-10-5-16(2)11-24(22)30-26(28)25(23)29-15-19/h5-6,8,10-12,14-15,20H,4,7,9,13H2,1-3H3,(H2,28,30)(H,31,32). The highest BCUT2D eigenvalue weighted by Gasteiger charge is 2.16. The first-order valence-corrected chi connectivity index (χ1v) is 11.1. The first-order chi connectivity index (χ1) is 15.4. The van der Waals surface area contributed by atoms with Crippen molar-refractivity contribution >= 4 is 33.6 Å². The summed E-state index contributed by atoms with van der Waals surface area (Å²) in [5.41, 5.74) is 13.7. The molecule has 0 aliphatic heterocycles. The number of aryl methyl sites for hydroxylation is 4. The van der Waals surface area contributed by atoms with E-state index in [0.717, 1.165) is 51.3 Å². The van der Waals surface area contributed by atoms with Crippen molar-refractivity contribution in [2.24, 2.45) is 5.92 Å². The minimum absolute atomic E-state index is 0.329. The van der Waals surface area contributed by atoms with Gasteiger partial charge in [-0.2, -0.15) is 0 Å². The number of fused-ring (bicyclic) bond motifs is 3. The minimum atomic E-state index is -0.725. The number of aliphatic carboxylic acids is 1. The molecule has 0 fully saturated rings. The highest BCUT2D eigenvalue weighted by Crippen LogP contribution is 2.28. The summed E-state index contributed by atoms with van der Waals surface area (Å²) in [6.45, 7) is 6.07. The van der Waals surface area contributed by atoms with E-state index in [9.17, 15) is 9.90 Å². The third-order valence-electron chi connectivity index (χ3n) is 6.29. The zero-order chi connectivity index (χ0) is 22.8. The molecule has 0 saturated carbocycles. The van der Waals surface area contributed by atoms with E-state index in [1.54, 1.807) is 0 Å². The number of anilines is 1. The molecule has 2 aromatic heterocycles. The molecule has 0 aliphatic carbocycles. The van der Waals surface area contributed by atoms with Crippen LogP contribution in [0.2, 0.25) is 0 Å². The highest BCUT2D eigenvalue weighted by atomic mass is 16.4. The van der Waals surface area contributed by atoms with Crippen molar-refractivity contribution in [3.8, 4) is 0 Å². The number of hydrogen-bond acceptors (Lipinski definition) is 4. The summed E-state index contributed by atoms with van der Waals surface area (Å²) in [6.07, 6.45) is 4.87. The first-order valence-electron chi connectivity index (χ1n) is 11.1. The predicted octanol–water partition coefficient (Wildman–Crippen LogP) is 5.42. The molecule has 0 saturated heterocycles. The van der Waals surface area contributed by atoms with Crippen LogP contribution >= 0.6 is 0 Å². The van der Waals surface area contributed by atoms with Gasteiger partial charge in [-0.25, -0.2) is 4.98 Å². The molecule has 32 heavy (non-hydrogen) atoms. The van der Waals surface area contributed by atoms with E-state index in [0.29, 0.717) is 18.7 Å². The van der Waals surface area contributed by atoms with Gasteiger partial charge in [-0.15, -0.1) is 0 Å². The van der Waals surface area contributed by atoms with Gasteiger partial charge in [0.15, 0.2) is 5.82 Å². The number of carbonyl (C=O) groups is 1. The van der Waals surface area contributed by atoms with Gasteiger partial charge in [-0.3, -0.25) is 9.78 Å². The molecule has 2 aromatic carbocycles. The number of nitrogens with two attached hydrogens (primary N) is 1. The largest absolute Gasteiger partial charge is 0.481 e. The van der Waals surface area contributed by atoms with Crippen LogP contribution in [-0.4, -0.2) is 21.0 Å². The molecule has 164 valence electrons. The SMILES string of the molecule is CCC(Cc1ccc(CCc2cnc3c(N)nc4cc(C)ccc4c3c2)c(C)c1)C(=O)O. The van der Waals surface area contributed by atoms with Crippen LogP contribution in [0.4, 0.5) is 5.82 Å². The Bertz CT molecular complexity index is 1310. The fourth-order valence-electron chi connectivity index (χ4n) is 4.33. The van der Waals surface area contributed by atoms with Gasteiger partial charge in [0.1, 0.15) is 5.52 Å². The fourth-order valence-corrected chi connectivity index (χ4v) is 4.33. The molecule has 1 unspecified atom stereocenters. The Morgan fingerprint density at radius 2 is 1.84 bits per heavy atom. The molecule has 0 aliphatic rings. The molecule has 5 heteroatoms. The van der Waals surface area contributed by atoms with Crippen LogP contribution in [0, 0.1) is 19.8 Å². The van der Waals surface area contributed by atoms with Crippen molar-refractivity contribution in [1.29, 1.82) is 0 Å². The third-order valence-corrected chi connectivity index (χ3v) is 6.29. The Kier molecular flexibility index (Phi) is 6.08. The first kappa shape index (κ1) is 21.8. The van der Waals surface area contributed by atoms with Gasteiger partial charge in [0.25, 0.3) is 0 Å². The lowest BCUT2D eigenvalue weighted by Crippen LogP contribution is -2.15. The van der Waals surface area contributed by atoms with Crippen LogP contribution in [0.25, 0.3) is 21.8 Å². The Balaban J connectivity index is 1.56. The summed E-state index contributed by atoms with van der Waals surface area (Å²) in [5, 5.41) is 11.4. The number of nitrogen functional groups attached to an aromatic ring is 1. The Morgan fingerprint density at radius 3 is 2.56 bits per heavy atom. The van der Waals surface area contributed by atoms with Crippen molar-refractivity contribution < 1.29 is 9.90 Å². The topological polar surface area (TPSA) is 89.1 Å². The summed E-state index contributed by atoms with van der Waals surface area (Å²) >= 11 is 0. The third kappa shape index (κ3) is 4.42. The number of carboxylic acid groups (broad SMARTS) is 1. The molecule has 2 heterocycles. The molecule has 0 amide bonds. The second-order valence-corrected chi connectivity index (χ2v) is 8.67. The van der Waals surface area contributed by atoms with Crippen molar-refractivity contribution in [1.82, 2.24) is 9.97 Å². The zero-order valence-electron chi connectivity index (χ0n) is 18.9. The number of aromatic nitrogens is 2. The molecule has 4 aromatic rings. The predicted molar refractivity (Wildman–Crippen MR) is 130 cm³/mol. The van der Waals surface area contributed by atoms with Crippen LogP contribution in [-0.2, 0) is 24.1 Å². The number of nitrogens with zero attached hydrogens (tertiary/aromatic N) is 2.